The molecule has 5 nitrogen and oxygen atoms in total. The third kappa shape index (κ3) is 4.46. The van der Waals surface area contributed by atoms with E-state index in [1.807, 2.05) is 43.3 Å². The van der Waals surface area contributed by atoms with Gasteiger partial charge in [-0.15, -0.1) is 0 Å². The van der Waals surface area contributed by atoms with Gasteiger partial charge in [0, 0.05) is 5.69 Å². The summed E-state index contributed by atoms with van der Waals surface area (Å²) in [6.45, 7) is 2.03. The second-order valence-electron chi connectivity index (χ2n) is 5.15. The summed E-state index contributed by atoms with van der Waals surface area (Å²) in [6.07, 6.45) is 1.06. The normalized spacial score (nSPS) is 10.9. The third-order valence-corrected chi connectivity index (χ3v) is 3.36. The lowest BCUT2D eigenvalue weighted by atomic mass is 10.0. The van der Waals surface area contributed by atoms with Crippen LogP contribution in [-0.2, 0) is 19.1 Å². The first-order valence-corrected chi connectivity index (χ1v) is 7.35. The number of esters is 2. The van der Waals surface area contributed by atoms with Crippen molar-refractivity contribution in [1.82, 2.24) is 0 Å². The molecule has 0 aromatic heterocycles. The molecule has 0 aliphatic heterocycles. The smallest absolute Gasteiger partial charge is 0.354 e. The quantitative estimate of drug-likeness (QED) is 0.675. The van der Waals surface area contributed by atoms with E-state index < -0.39 is 11.9 Å². The first-order valence-electron chi connectivity index (χ1n) is 7.35. The molecule has 0 atom stereocenters. The van der Waals surface area contributed by atoms with Crippen LogP contribution in [0.15, 0.2) is 60.3 Å². The molecule has 24 heavy (non-hydrogen) atoms. The van der Waals surface area contributed by atoms with Gasteiger partial charge in [0.05, 0.1) is 20.3 Å². The minimum Gasteiger partial charge on any atom is -0.466 e. The Morgan fingerprint density at radius 1 is 0.958 bits per heavy atom. The lowest BCUT2D eigenvalue weighted by molar-refractivity contribution is -0.138. The van der Waals surface area contributed by atoms with Crippen LogP contribution in [0.3, 0.4) is 0 Å². The largest absolute Gasteiger partial charge is 0.466 e. The highest BCUT2D eigenvalue weighted by Gasteiger charge is 2.13. The van der Waals surface area contributed by atoms with E-state index in [2.05, 4.69) is 20.9 Å². The molecule has 0 bridgehead atoms. The van der Waals surface area contributed by atoms with E-state index in [0.717, 1.165) is 22.8 Å². The number of carbonyl (C=O) groups excluding carboxylic acids is 2. The number of methoxy groups -OCH3 is 2. The Labute approximate surface area is 140 Å². The van der Waals surface area contributed by atoms with Crippen molar-refractivity contribution < 1.29 is 19.1 Å². The fraction of sp³-hybridized carbons (Fsp3) is 0.158. The standard InChI is InChI=1S/C19H19NO4/c1-13-6-4-7-14(10-13)15-8-5-9-16(11-15)20-17(19(22)24-3)12-18(21)23-2/h4-12,20H,1-3H3/b17-12+. The van der Waals surface area contributed by atoms with Gasteiger partial charge in [0.25, 0.3) is 0 Å². The Kier molecular flexibility index (Phi) is 5.73. The zero-order chi connectivity index (χ0) is 17.5. The van der Waals surface area contributed by atoms with E-state index in [9.17, 15) is 9.59 Å². The van der Waals surface area contributed by atoms with Gasteiger partial charge < -0.3 is 14.8 Å². The summed E-state index contributed by atoms with van der Waals surface area (Å²) in [4.78, 5) is 23.2. The van der Waals surface area contributed by atoms with E-state index in [-0.39, 0.29) is 5.70 Å². The molecule has 0 saturated heterocycles. The maximum absolute atomic E-state index is 11.8. The van der Waals surface area contributed by atoms with Crippen LogP contribution >= 0.6 is 0 Å². The Morgan fingerprint density at radius 3 is 2.25 bits per heavy atom. The molecule has 2 aromatic rings. The lowest BCUT2D eigenvalue weighted by Crippen LogP contribution is -2.15. The van der Waals surface area contributed by atoms with Gasteiger partial charge in [0.2, 0.25) is 0 Å². The average Bonchev–Trinajstić information content (AvgIpc) is 2.60. The fourth-order valence-electron chi connectivity index (χ4n) is 2.19. The number of benzene rings is 2. The molecule has 0 aliphatic rings. The highest BCUT2D eigenvalue weighted by molar-refractivity contribution is 5.98. The molecule has 0 radical (unpaired) electrons. The lowest BCUT2D eigenvalue weighted by Gasteiger charge is -2.11. The van der Waals surface area contributed by atoms with Crippen molar-refractivity contribution >= 4 is 17.6 Å². The SMILES string of the molecule is COC(=O)/C=C(/Nc1cccc(-c2cccc(C)c2)c1)C(=O)OC. The Bertz CT molecular complexity index is 780. The molecular formula is C19H19NO4. The molecular weight excluding hydrogens is 306 g/mol. The van der Waals surface area contributed by atoms with Crippen molar-refractivity contribution in [2.75, 3.05) is 19.5 Å². The van der Waals surface area contributed by atoms with Crippen molar-refractivity contribution in [2.45, 2.75) is 6.92 Å². The summed E-state index contributed by atoms with van der Waals surface area (Å²) in [6, 6.07) is 15.6. The van der Waals surface area contributed by atoms with Crippen LogP contribution in [0, 0.1) is 6.92 Å². The number of nitrogens with one attached hydrogen (secondary N) is 1. The van der Waals surface area contributed by atoms with Crippen LogP contribution in [0.25, 0.3) is 11.1 Å². The fourth-order valence-corrected chi connectivity index (χ4v) is 2.19. The van der Waals surface area contributed by atoms with Gasteiger partial charge in [-0.25, -0.2) is 9.59 Å². The molecule has 0 saturated carbocycles. The number of carbonyl (C=O) groups is 2. The van der Waals surface area contributed by atoms with Gasteiger partial charge in [0.15, 0.2) is 0 Å². The van der Waals surface area contributed by atoms with Gasteiger partial charge >= 0.3 is 11.9 Å². The van der Waals surface area contributed by atoms with Gasteiger partial charge in [-0.05, 0) is 30.2 Å². The Morgan fingerprint density at radius 2 is 1.62 bits per heavy atom. The molecule has 0 unspecified atom stereocenters. The minimum absolute atomic E-state index is 0.00532. The second-order valence-corrected chi connectivity index (χ2v) is 5.15. The van der Waals surface area contributed by atoms with E-state index in [0.29, 0.717) is 5.69 Å². The summed E-state index contributed by atoms with van der Waals surface area (Å²) in [5.74, 6) is -1.29. The second kappa shape index (κ2) is 7.97. The Hall–Kier alpha value is -3.08. The maximum atomic E-state index is 11.8. The van der Waals surface area contributed by atoms with Crippen LogP contribution in [-0.4, -0.2) is 26.2 Å². The van der Waals surface area contributed by atoms with Gasteiger partial charge in [0.1, 0.15) is 5.70 Å². The summed E-state index contributed by atoms with van der Waals surface area (Å²) in [5, 5.41) is 2.91. The third-order valence-electron chi connectivity index (χ3n) is 3.36. The number of hydrogen-bond acceptors (Lipinski definition) is 5. The summed E-state index contributed by atoms with van der Waals surface area (Å²) in [7, 11) is 2.49. The molecule has 1 N–H and O–H groups in total. The average molecular weight is 325 g/mol. The minimum atomic E-state index is -0.652. The summed E-state index contributed by atoms with van der Waals surface area (Å²) < 4.78 is 9.24. The van der Waals surface area contributed by atoms with Crippen LogP contribution in [0.1, 0.15) is 5.56 Å². The van der Waals surface area contributed by atoms with Crippen LogP contribution < -0.4 is 5.32 Å². The molecule has 124 valence electrons. The first kappa shape index (κ1) is 17.3. The van der Waals surface area contributed by atoms with E-state index in [1.54, 1.807) is 6.07 Å². The highest BCUT2D eigenvalue weighted by Crippen LogP contribution is 2.24. The predicted molar refractivity (Wildman–Crippen MR) is 92.4 cm³/mol. The molecule has 0 spiro atoms. The van der Waals surface area contributed by atoms with E-state index in [1.165, 1.54) is 14.2 Å². The van der Waals surface area contributed by atoms with Crippen molar-refractivity contribution in [3.05, 3.63) is 65.9 Å². The number of aryl methyl sites for hydroxylation is 1. The van der Waals surface area contributed by atoms with Crippen molar-refractivity contribution in [1.29, 1.82) is 0 Å². The van der Waals surface area contributed by atoms with Crippen LogP contribution in [0.2, 0.25) is 0 Å². The molecule has 0 aliphatic carbocycles. The van der Waals surface area contributed by atoms with Crippen molar-refractivity contribution in [2.24, 2.45) is 0 Å². The summed E-state index contributed by atoms with van der Waals surface area (Å²) >= 11 is 0. The zero-order valence-electron chi connectivity index (χ0n) is 13.8. The maximum Gasteiger partial charge on any atom is 0.354 e. The van der Waals surface area contributed by atoms with Crippen LogP contribution in [0.5, 0.6) is 0 Å². The molecule has 0 fully saturated rings. The van der Waals surface area contributed by atoms with Crippen molar-refractivity contribution in [3.63, 3.8) is 0 Å². The summed E-state index contributed by atoms with van der Waals surface area (Å²) in [5.41, 5.74) is 3.88. The van der Waals surface area contributed by atoms with Crippen molar-refractivity contribution in [3.8, 4) is 11.1 Å². The first-order chi connectivity index (χ1) is 11.5. The molecule has 2 aromatic carbocycles. The topological polar surface area (TPSA) is 64.6 Å². The predicted octanol–water partition coefficient (Wildman–Crippen LogP) is 3.30. The zero-order valence-corrected chi connectivity index (χ0v) is 13.8. The molecule has 5 heteroatoms. The monoisotopic (exact) mass is 325 g/mol. The van der Waals surface area contributed by atoms with Gasteiger partial charge in [-0.3, -0.25) is 0 Å². The number of rotatable bonds is 5. The Balaban J connectivity index is 2.31. The van der Waals surface area contributed by atoms with E-state index >= 15 is 0 Å². The van der Waals surface area contributed by atoms with Gasteiger partial charge in [-0.2, -0.15) is 0 Å². The van der Waals surface area contributed by atoms with Crippen LogP contribution in [0.4, 0.5) is 5.69 Å². The number of ether oxygens (including phenoxy) is 2. The van der Waals surface area contributed by atoms with E-state index in [4.69, 9.17) is 0 Å². The molecule has 0 heterocycles. The number of anilines is 1. The van der Waals surface area contributed by atoms with Gasteiger partial charge in [-0.1, -0.05) is 42.0 Å². The molecule has 0 amide bonds. The highest BCUT2D eigenvalue weighted by atomic mass is 16.5. The number of hydrogen-bond donors (Lipinski definition) is 1. The molecule has 2 rings (SSSR count).